The van der Waals surface area contributed by atoms with Gasteiger partial charge in [-0.05, 0) is 69.6 Å². The molecule has 79 heavy (non-hydrogen) atoms. The first-order valence-electron chi connectivity index (χ1n) is 26.7. The minimum absolute atomic E-state index is 0.00901. The zero-order chi connectivity index (χ0) is 56.9. The number of hydrogen-bond donors (Lipinski definition) is 14. The lowest BCUT2D eigenvalue weighted by Crippen LogP contribution is -2.41. The first-order chi connectivity index (χ1) is 38.1. The number of benzene rings is 1. The van der Waals surface area contributed by atoms with E-state index < -0.39 is 59.7 Å². The summed E-state index contributed by atoms with van der Waals surface area (Å²) in [6.45, 7) is 1.26. The lowest BCUT2D eigenvalue weighted by molar-refractivity contribution is -0.143. The summed E-state index contributed by atoms with van der Waals surface area (Å²) in [6.07, 6.45) is 10.2. The Morgan fingerprint density at radius 1 is 0.620 bits per heavy atom. The predicted octanol–water partition coefficient (Wildman–Crippen LogP) is 0.664. The van der Waals surface area contributed by atoms with E-state index in [1.807, 2.05) is 23.5 Å². The van der Waals surface area contributed by atoms with Crippen molar-refractivity contribution in [1.82, 2.24) is 47.9 Å². The van der Waals surface area contributed by atoms with Crippen LogP contribution in [0.2, 0.25) is 0 Å². The number of rotatable bonds is 38. The lowest BCUT2D eigenvalue weighted by Gasteiger charge is -2.17. The zero-order valence-electron chi connectivity index (χ0n) is 44.2. The minimum atomic E-state index is -1.22. The Kier molecular flexibility index (Phi) is 27.6. The molecule has 5 rings (SSSR count). The van der Waals surface area contributed by atoms with Crippen LogP contribution in [0, 0.1) is 23.2 Å². The maximum atomic E-state index is 13.5. The van der Waals surface area contributed by atoms with Crippen LogP contribution < -0.4 is 53.2 Å². The SMILES string of the molecule is C#CCOC(=O)CCOCCOCCOCCNC(=O)Nc1cc(C(=O)NCCCC(NC(=O)CCCCC2SCC3NC(=N)NC32)C(=O)O)cc(C(=O)NCCCC(NC(=O)CCCCC2SCC3NC(=N)NC32)C(=O)O)c1. The van der Waals surface area contributed by atoms with E-state index >= 15 is 0 Å². The number of thioether (sulfide) groups is 2. The smallest absolute Gasteiger partial charge is 0.326 e. The maximum absolute atomic E-state index is 13.5. The average Bonchev–Trinajstić information content (AvgIpc) is 4.31. The van der Waals surface area contributed by atoms with Crippen LogP contribution in [-0.4, -0.2) is 194 Å². The van der Waals surface area contributed by atoms with Crippen molar-refractivity contribution < 1.29 is 67.5 Å². The Morgan fingerprint density at radius 3 is 1.58 bits per heavy atom. The number of carboxylic acids is 2. The molecule has 0 spiro atoms. The number of carbonyl (C=O) groups excluding carboxylic acids is 6. The summed E-state index contributed by atoms with van der Waals surface area (Å²) in [5.74, 6) is -0.286. The molecule has 1 aromatic rings. The second-order valence-corrected chi connectivity index (χ2v) is 21.7. The molecule has 8 unspecified atom stereocenters. The van der Waals surface area contributed by atoms with Gasteiger partial charge in [0.2, 0.25) is 11.8 Å². The Labute approximate surface area is 467 Å². The summed E-state index contributed by atoms with van der Waals surface area (Å²) in [5, 5.41) is 64.3. The lowest BCUT2D eigenvalue weighted by atomic mass is 10.0. The molecule has 0 radical (unpaired) electrons. The van der Waals surface area contributed by atoms with Gasteiger partial charge < -0.3 is 82.3 Å². The number of fused-ring (bicyclic) bond motifs is 2. The van der Waals surface area contributed by atoms with E-state index in [1.165, 1.54) is 18.2 Å². The number of aliphatic carboxylic acids is 2. The van der Waals surface area contributed by atoms with E-state index in [-0.39, 0.29) is 152 Å². The molecule has 4 fully saturated rings. The van der Waals surface area contributed by atoms with Gasteiger partial charge in [-0.3, -0.25) is 34.8 Å². The second kappa shape index (κ2) is 34.5. The number of carbonyl (C=O) groups is 8. The Hall–Kier alpha value is -6.54. The fraction of sp³-hybridized carbons (Fsp3) is 0.647. The summed E-state index contributed by atoms with van der Waals surface area (Å²) in [6, 6.07) is 1.76. The van der Waals surface area contributed by atoms with Gasteiger partial charge in [0.05, 0.1) is 70.2 Å². The van der Waals surface area contributed by atoms with Gasteiger partial charge in [-0.2, -0.15) is 23.5 Å². The number of ether oxygens (including phenoxy) is 4. The van der Waals surface area contributed by atoms with Crippen LogP contribution in [-0.2, 0) is 42.9 Å². The molecule has 8 atom stereocenters. The number of urea groups is 1. The number of amides is 6. The van der Waals surface area contributed by atoms with Gasteiger partial charge >= 0.3 is 23.9 Å². The van der Waals surface area contributed by atoms with Crippen molar-refractivity contribution in [3.8, 4) is 12.3 Å². The fourth-order valence-corrected chi connectivity index (χ4v) is 12.2. The van der Waals surface area contributed by atoms with Gasteiger partial charge in [0.15, 0.2) is 18.5 Å². The standard InChI is InChI=1S/C51H76N12O14S2/c1-2-19-77-42(66)15-20-74-22-24-76-25-23-75-21-18-56-51(73)57-33-27-31(45(67)54-16-7-9-34(47(69)70)58-40(64)13-5-3-11-38-43-36(29-78-38)60-49(52)62-43)26-32(28-33)46(68)55-17-8-10-35(48(71)72)59-41(65)14-6-4-12-39-44-37(30-79-39)61-50(53)63-44/h1,26-28,34-39,43-44H,3-25,29-30H2,(H,54,67)(H,55,68)(H,58,64)(H,59,65)(H,69,70)(H,71,72)(H3,52,60,62)(H3,53,61,63)(H2,56,57,73). The Balaban J connectivity index is 1.05. The minimum Gasteiger partial charge on any atom is -0.480 e. The third-order valence-electron chi connectivity index (χ3n) is 13.1. The number of unbranched alkanes of at least 4 members (excludes halogenated alkanes) is 2. The molecule has 26 nitrogen and oxygen atoms in total. The quantitative estimate of drug-likeness (QED) is 0.0246. The normalized spacial score (nSPS) is 20.3. The Morgan fingerprint density at radius 2 is 1.10 bits per heavy atom. The number of nitrogens with one attached hydrogen (secondary N) is 12. The molecule has 4 saturated heterocycles. The van der Waals surface area contributed by atoms with Gasteiger partial charge in [-0.15, -0.1) is 6.42 Å². The van der Waals surface area contributed by atoms with Crippen molar-refractivity contribution in [2.24, 2.45) is 0 Å². The van der Waals surface area contributed by atoms with E-state index in [9.17, 15) is 48.6 Å². The van der Waals surface area contributed by atoms with E-state index in [0.717, 1.165) is 37.2 Å². The third kappa shape index (κ3) is 23.0. The molecular weight excluding hydrogens is 1070 g/mol. The molecule has 28 heteroatoms. The van der Waals surface area contributed by atoms with Gasteiger partial charge in [0.25, 0.3) is 11.8 Å². The van der Waals surface area contributed by atoms with E-state index in [2.05, 4.69) is 59.1 Å². The van der Waals surface area contributed by atoms with Crippen LogP contribution in [0.3, 0.4) is 0 Å². The molecule has 4 aliphatic heterocycles. The van der Waals surface area contributed by atoms with E-state index in [0.29, 0.717) is 35.3 Å². The van der Waals surface area contributed by atoms with E-state index in [1.54, 1.807) is 0 Å². The van der Waals surface area contributed by atoms with Gasteiger partial charge in [0, 0.05) is 71.3 Å². The summed E-state index contributed by atoms with van der Waals surface area (Å²) in [5.41, 5.74) is 0.0516. The molecule has 4 heterocycles. The Bertz CT molecular complexity index is 2190. The molecule has 0 bridgehead atoms. The highest BCUT2D eigenvalue weighted by molar-refractivity contribution is 8.00. The highest BCUT2D eigenvalue weighted by atomic mass is 32.2. The topological polar surface area (TPSA) is 382 Å². The number of hydrogen-bond acceptors (Lipinski definition) is 16. The number of carboxylic acid groups (broad SMARTS) is 2. The third-order valence-corrected chi connectivity index (χ3v) is 16.2. The average molecular weight is 1150 g/mol. The second-order valence-electron chi connectivity index (χ2n) is 19.2. The number of esters is 1. The molecule has 0 aliphatic carbocycles. The van der Waals surface area contributed by atoms with Gasteiger partial charge in [-0.25, -0.2) is 14.4 Å². The summed E-state index contributed by atoms with van der Waals surface area (Å²) >= 11 is 3.66. The number of anilines is 1. The van der Waals surface area contributed by atoms with Crippen molar-refractivity contribution in [2.45, 2.75) is 130 Å². The molecule has 436 valence electrons. The van der Waals surface area contributed by atoms with Crippen molar-refractivity contribution in [3.05, 3.63) is 29.3 Å². The van der Waals surface area contributed by atoms with Crippen molar-refractivity contribution in [3.63, 3.8) is 0 Å². The van der Waals surface area contributed by atoms with Crippen LogP contribution >= 0.6 is 23.5 Å². The molecule has 14 N–H and O–H groups in total. The first kappa shape index (κ1) is 63.3. The van der Waals surface area contributed by atoms with E-state index in [4.69, 9.17) is 36.2 Å². The van der Waals surface area contributed by atoms with Crippen molar-refractivity contribution >= 4 is 88.7 Å². The maximum Gasteiger partial charge on any atom is 0.326 e. The first-order valence-corrected chi connectivity index (χ1v) is 28.8. The highest BCUT2D eigenvalue weighted by Gasteiger charge is 2.42. The van der Waals surface area contributed by atoms with Crippen molar-refractivity contribution in [1.29, 1.82) is 10.8 Å². The van der Waals surface area contributed by atoms with Crippen LogP contribution in [0.4, 0.5) is 10.5 Å². The van der Waals surface area contributed by atoms with Crippen LogP contribution in [0.15, 0.2) is 18.2 Å². The predicted molar refractivity (Wildman–Crippen MR) is 295 cm³/mol. The van der Waals surface area contributed by atoms with Crippen molar-refractivity contribution in [2.75, 3.05) is 82.7 Å². The van der Waals surface area contributed by atoms with Crippen LogP contribution in [0.1, 0.15) is 104 Å². The van der Waals surface area contributed by atoms with Crippen LogP contribution in [0.25, 0.3) is 0 Å². The largest absolute Gasteiger partial charge is 0.480 e. The molecule has 6 amide bonds. The van der Waals surface area contributed by atoms with Gasteiger partial charge in [0.1, 0.15) is 12.1 Å². The molecular formula is C51H76N12O14S2. The number of terminal acetylenes is 1. The number of guanidine groups is 2. The summed E-state index contributed by atoms with van der Waals surface area (Å²) < 4.78 is 21.0. The monoisotopic (exact) mass is 1140 g/mol. The molecule has 4 aliphatic rings. The van der Waals surface area contributed by atoms with Gasteiger partial charge in [-0.1, -0.05) is 18.8 Å². The van der Waals surface area contributed by atoms with Crippen LogP contribution in [0.5, 0.6) is 0 Å². The summed E-state index contributed by atoms with van der Waals surface area (Å²) in [4.78, 5) is 101. The fourth-order valence-electron chi connectivity index (χ4n) is 9.15. The highest BCUT2D eigenvalue weighted by Crippen LogP contribution is 2.34. The molecule has 0 aromatic heterocycles. The zero-order valence-corrected chi connectivity index (χ0v) is 45.8. The summed E-state index contributed by atoms with van der Waals surface area (Å²) in [7, 11) is 0. The molecule has 0 saturated carbocycles. The molecule has 1 aromatic carbocycles.